The summed E-state index contributed by atoms with van der Waals surface area (Å²) in [6.07, 6.45) is 1.48. The third-order valence-corrected chi connectivity index (χ3v) is 4.55. The van der Waals surface area contributed by atoms with Gasteiger partial charge in [-0.2, -0.15) is 0 Å². The minimum atomic E-state index is -1.04. The van der Waals surface area contributed by atoms with Crippen LogP contribution in [0.5, 0.6) is 5.75 Å². The average Bonchev–Trinajstić information content (AvgIpc) is 2.85. The van der Waals surface area contributed by atoms with E-state index in [1.54, 1.807) is 30.3 Å². The second-order valence-corrected chi connectivity index (χ2v) is 6.32. The number of carboxylic acid groups (broad SMARTS) is 1. The molecule has 126 valence electrons. The highest BCUT2D eigenvalue weighted by Crippen LogP contribution is 2.34. The van der Waals surface area contributed by atoms with Crippen LogP contribution >= 0.6 is 11.8 Å². The van der Waals surface area contributed by atoms with Crippen LogP contribution in [0.15, 0.2) is 53.4 Å². The number of para-hydroxylation sites is 1. The molecular formula is C18H13NO5S. The normalized spacial score (nSPS) is 15.8. The van der Waals surface area contributed by atoms with Crippen LogP contribution in [0.4, 0.5) is 4.79 Å². The van der Waals surface area contributed by atoms with Crippen LogP contribution in [0.3, 0.4) is 0 Å². The molecule has 0 unspecified atom stereocenters. The summed E-state index contributed by atoms with van der Waals surface area (Å²) < 4.78 is 0. The van der Waals surface area contributed by atoms with Gasteiger partial charge in [-0.1, -0.05) is 30.3 Å². The van der Waals surface area contributed by atoms with E-state index in [4.69, 9.17) is 5.11 Å². The zero-order valence-electron chi connectivity index (χ0n) is 12.9. The Morgan fingerprint density at radius 3 is 2.40 bits per heavy atom. The van der Waals surface area contributed by atoms with Crippen molar-refractivity contribution in [2.75, 3.05) is 0 Å². The predicted molar refractivity (Wildman–Crippen MR) is 93.0 cm³/mol. The highest BCUT2D eigenvalue weighted by Gasteiger charge is 2.35. The van der Waals surface area contributed by atoms with Crippen molar-refractivity contribution in [1.82, 2.24) is 4.90 Å². The molecule has 1 saturated heterocycles. The number of amides is 2. The maximum atomic E-state index is 12.5. The Hall–Kier alpha value is -3.06. The monoisotopic (exact) mass is 355 g/mol. The maximum Gasteiger partial charge on any atom is 0.335 e. The first-order valence-electron chi connectivity index (χ1n) is 7.31. The van der Waals surface area contributed by atoms with E-state index in [1.165, 1.54) is 24.3 Å². The molecular weight excluding hydrogens is 342 g/mol. The fourth-order valence-electron chi connectivity index (χ4n) is 2.32. The Labute approximate surface area is 147 Å². The summed E-state index contributed by atoms with van der Waals surface area (Å²) in [4.78, 5) is 36.7. The van der Waals surface area contributed by atoms with E-state index >= 15 is 0 Å². The van der Waals surface area contributed by atoms with E-state index in [0.717, 1.165) is 16.7 Å². The molecule has 3 rings (SSSR count). The first-order chi connectivity index (χ1) is 12.0. The van der Waals surface area contributed by atoms with E-state index in [2.05, 4.69) is 0 Å². The van der Waals surface area contributed by atoms with Gasteiger partial charge in [-0.25, -0.2) is 4.79 Å². The van der Waals surface area contributed by atoms with Gasteiger partial charge in [-0.3, -0.25) is 14.5 Å². The number of rotatable bonds is 4. The predicted octanol–water partition coefficient (Wildman–Crippen LogP) is 3.33. The molecule has 0 atom stereocenters. The van der Waals surface area contributed by atoms with Gasteiger partial charge in [-0.05, 0) is 41.6 Å². The van der Waals surface area contributed by atoms with Crippen LogP contribution in [0, 0.1) is 0 Å². The van der Waals surface area contributed by atoms with Crippen LogP contribution < -0.4 is 0 Å². The average molecular weight is 355 g/mol. The van der Waals surface area contributed by atoms with Crippen molar-refractivity contribution in [2.45, 2.75) is 6.54 Å². The Bertz CT molecular complexity index is 889. The van der Waals surface area contributed by atoms with Crippen molar-refractivity contribution in [3.63, 3.8) is 0 Å². The minimum Gasteiger partial charge on any atom is -0.507 e. The van der Waals surface area contributed by atoms with Crippen molar-refractivity contribution in [3.05, 3.63) is 70.1 Å². The van der Waals surface area contributed by atoms with E-state index in [-0.39, 0.29) is 22.8 Å². The summed E-state index contributed by atoms with van der Waals surface area (Å²) in [5.74, 6) is -1.46. The number of hydrogen-bond donors (Lipinski definition) is 2. The van der Waals surface area contributed by atoms with Gasteiger partial charge in [0, 0.05) is 5.56 Å². The van der Waals surface area contributed by atoms with Gasteiger partial charge in [0.1, 0.15) is 5.75 Å². The topological polar surface area (TPSA) is 94.9 Å². The number of thioether (sulfide) groups is 1. The van der Waals surface area contributed by atoms with Crippen LogP contribution in [0.1, 0.15) is 21.5 Å². The molecule has 0 bridgehead atoms. The fraction of sp³-hybridized carbons (Fsp3) is 0.0556. The van der Waals surface area contributed by atoms with Crippen molar-refractivity contribution in [3.8, 4) is 5.75 Å². The first kappa shape index (κ1) is 16.8. The van der Waals surface area contributed by atoms with E-state index in [1.807, 2.05) is 0 Å². The van der Waals surface area contributed by atoms with E-state index in [0.29, 0.717) is 11.1 Å². The number of phenolic OH excluding ortho intramolecular Hbond substituents is 1. The number of aromatic hydroxyl groups is 1. The number of imide groups is 1. The van der Waals surface area contributed by atoms with Crippen molar-refractivity contribution < 1.29 is 24.6 Å². The van der Waals surface area contributed by atoms with Gasteiger partial charge >= 0.3 is 5.97 Å². The number of phenols is 1. The molecule has 1 aliphatic heterocycles. The van der Waals surface area contributed by atoms with Gasteiger partial charge in [0.25, 0.3) is 11.1 Å². The SMILES string of the molecule is O=C(O)c1ccc(CN2C(=O)S/C(=C\c3ccccc3O)C2=O)cc1. The largest absolute Gasteiger partial charge is 0.507 e. The molecule has 1 fully saturated rings. The van der Waals surface area contributed by atoms with Gasteiger partial charge in [0.2, 0.25) is 0 Å². The highest BCUT2D eigenvalue weighted by molar-refractivity contribution is 8.18. The minimum absolute atomic E-state index is 0.0264. The standard InChI is InChI=1S/C18H13NO5S/c20-14-4-2-1-3-13(14)9-15-16(21)19(18(24)25-15)10-11-5-7-12(8-6-11)17(22)23/h1-9,20H,10H2,(H,22,23)/b15-9-. The lowest BCUT2D eigenvalue weighted by Crippen LogP contribution is -2.27. The van der Waals surface area contributed by atoms with Crippen LogP contribution in [0.25, 0.3) is 6.08 Å². The Morgan fingerprint density at radius 2 is 1.76 bits per heavy atom. The molecule has 0 aromatic heterocycles. The maximum absolute atomic E-state index is 12.5. The molecule has 2 N–H and O–H groups in total. The molecule has 6 nitrogen and oxygen atoms in total. The van der Waals surface area contributed by atoms with Crippen molar-refractivity contribution in [1.29, 1.82) is 0 Å². The molecule has 0 spiro atoms. The molecule has 25 heavy (non-hydrogen) atoms. The van der Waals surface area contributed by atoms with Crippen LogP contribution in [-0.4, -0.2) is 32.2 Å². The summed E-state index contributed by atoms with van der Waals surface area (Å²) in [6.45, 7) is 0.0582. The Kier molecular flexibility index (Phi) is 4.58. The zero-order chi connectivity index (χ0) is 18.0. The molecule has 0 aliphatic carbocycles. The summed E-state index contributed by atoms with van der Waals surface area (Å²) in [5.41, 5.74) is 1.24. The van der Waals surface area contributed by atoms with Crippen LogP contribution in [0.2, 0.25) is 0 Å². The van der Waals surface area contributed by atoms with Gasteiger partial charge in [-0.15, -0.1) is 0 Å². The smallest absolute Gasteiger partial charge is 0.335 e. The first-order valence-corrected chi connectivity index (χ1v) is 8.13. The quantitative estimate of drug-likeness (QED) is 0.817. The summed E-state index contributed by atoms with van der Waals surface area (Å²) in [5, 5.41) is 18.3. The van der Waals surface area contributed by atoms with E-state index in [9.17, 15) is 19.5 Å². The molecule has 2 aromatic carbocycles. The molecule has 0 radical (unpaired) electrons. The molecule has 0 saturated carbocycles. The number of carbonyl (C=O) groups excluding carboxylic acids is 2. The Balaban J connectivity index is 1.80. The third kappa shape index (κ3) is 3.56. The molecule has 2 amide bonds. The van der Waals surface area contributed by atoms with Crippen molar-refractivity contribution >= 4 is 35.0 Å². The van der Waals surface area contributed by atoms with E-state index < -0.39 is 17.1 Å². The zero-order valence-corrected chi connectivity index (χ0v) is 13.7. The molecule has 7 heteroatoms. The summed E-state index contributed by atoms with van der Waals surface area (Å²) in [7, 11) is 0. The number of nitrogens with zero attached hydrogens (tertiary/aromatic N) is 1. The highest BCUT2D eigenvalue weighted by atomic mass is 32.2. The lowest BCUT2D eigenvalue weighted by molar-refractivity contribution is -0.123. The van der Waals surface area contributed by atoms with Crippen molar-refractivity contribution in [2.24, 2.45) is 0 Å². The molecule has 1 heterocycles. The Morgan fingerprint density at radius 1 is 1.08 bits per heavy atom. The number of aromatic carboxylic acids is 1. The molecule has 1 aliphatic rings. The number of carbonyl (C=O) groups is 3. The second-order valence-electron chi connectivity index (χ2n) is 5.33. The van der Waals surface area contributed by atoms with Crippen LogP contribution in [-0.2, 0) is 11.3 Å². The number of benzene rings is 2. The summed E-state index contributed by atoms with van der Waals surface area (Å²) in [6, 6.07) is 12.5. The lowest BCUT2D eigenvalue weighted by atomic mass is 10.1. The third-order valence-electron chi connectivity index (χ3n) is 3.64. The summed E-state index contributed by atoms with van der Waals surface area (Å²) >= 11 is 0.806. The molecule has 2 aromatic rings. The number of hydrogen-bond acceptors (Lipinski definition) is 5. The van der Waals surface area contributed by atoms with Gasteiger partial charge in [0.15, 0.2) is 0 Å². The second kappa shape index (κ2) is 6.82. The van der Waals surface area contributed by atoms with Gasteiger partial charge < -0.3 is 10.2 Å². The number of carboxylic acids is 1. The fourth-order valence-corrected chi connectivity index (χ4v) is 3.15. The lowest BCUT2D eigenvalue weighted by Gasteiger charge is -2.12. The van der Waals surface area contributed by atoms with Gasteiger partial charge in [0.05, 0.1) is 17.0 Å².